The molecule has 0 radical (unpaired) electrons. The van der Waals surface area contributed by atoms with Gasteiger partial charge in [0.25, 0.3) is 5.91 Å². The predicted molar refractivity (Wildman–Crippen MR) is 115 cm³/mol. The molecule has 0 unspecified atom stereocenters. The van der Waals surface area contributed by atoms with Crippen LogP contribution in [-0.2, 0) is 4.79 Å². The van der Waals surface area contributed by atoms with E-state index in [2.05, 4.69) is 11.9 Å². The summed E-state index contributed by atoms with van der Waals surface area (Å²) in [7, 11) is 0. The van der Waals surface area contributed by atoms with E-state index in [0.717, 1.165) is 5.69 Å². The van der Waals surface area contributed by atoms with Crippen molar-refractivity contribution >= 4 is 40.8 Å². The number of urea groups is 1. The van der Waals surface area contributed by atoms with Gasteiger partial charge in [0.2, 0.25) is 0 Å². The zero-order valence-corrected chi connectivity index (χ0v) is 17.2. The molecule has 1 saturated heterocycles. The Kier molecular flexibility index (Phi) is 7.01. The molecule has 0 atom stereocenters. The minimum absolute atomic E-state index is 0.0717. The van der Waals surface area contributed by atoms with E-state index in [4.69, 9.17) is 27.9 Å². The van der Waals surface area contributed by atoms with Crippen molar-refractivity contribution in [2.24, 2.45) is 0 Å². The molecule has 2 aromatic carbocycles. The van der Waals surface area contributed by atoms with Gasteiger partial charge in [0.1, 0.15) is 5.75 Å². The van der Waals surface area contributed by atoms with Gasteiger partial charge in [0.05, 0.1) is 0 Å². The molecule has 0 bridgehead atoms. The lowest BCUT2D eigenvalue weighted by molar-refractivity contribution is -0.122. The molecule has 1 aliphatic heterocycles. The first kappa shape index (κ1) is 21.0. The summed E-state index contributed by atoms with van der Waals surface area (Å²) in [6, 6.07) is 13.9. The number of hydrogen-bond donors (Lipinski definition) is 1. The Bertz CT molecular complexity index is 885. The Labute approximate surface area is 179 Å². The lowest BCUT2D eigenvalue weighted by Crippen LogP contribution is -2.34. The summed E-state index contributed by atoms with van der Waals surface area (Å²) < 4.78 is 5.40. The van der Waals surface area contributed by atoms with Crippen LogP contribution < -0.4 is 15.0 Å². The summed E-state index contributed by atoms with van der Waals surface area (Å²) in [6.07, 6.45) is 0.465. The van der Waals surface area contributed by atoms with Gasteiger partial charge < -0.3 is 15.0 Å². The zero-order valence-electron chi connectivity index (χ0n) is 15.7. The highest BCUT2D eigenvalue weighted by molar-refractivity contribution is 6.30. The molecular formula is C21H21Cl2N3O3. The number of anilines is 1. The molecular weight excluding hydrogens is 413 g/mol. The van der Waals surface area contributed by atoms with E-state index in [1.165, 1.54) is 0 Å². The van der Waals surface area contributed by atoms with Gasteiger partial charge in [-0.05, 0) is 48.5 Å². The van der Waals surface area contributed by atoms with Crippen LogP contribution in [0.1, 0.15) is 6.42 Å². The van der Waals surface area contributed by atoms with Gasteiger partial charge >= 0.3 is 6.03 Å². The molecule has 3 amide bonds. The van der Waals surface area contributed by atoms with Gasteiger partial charge in [0, 0.05) is 47.5 Å². The first-order valence-corrected chi connectivity index (χ1v) is 9.86. The summed E-state index contributed by atoms with van der Waals surface area (Å²) in [5.41, 5.74) is 1.35. The second-order valence-corrected chi connectivity index (χ2v) is 7.41. The Balaban J connectivity index is 1.41. The van der Waals surface area contributed by atoms with E-state index in [0.29, 0.717) is 47.5 Å². The molecule has 1 heterocycles. The molecule has 152 valence electrons. The van der Waals surface area contributed by atoms with Crippen LogP contribution in [0.3, 0.4) is 0 Å². The Morgan fingerprint density at radius 1 is 1.03 bits per heavy atom. The molecule has 6 nitrogen and oxygen atoms in total. The Morgan fingerprint density at radius 2 is 1.66 bits per heavy atom. The molecule has 1 fully saturated rings. The summed E-state index contributed by atoms with van der Waals surface area (Å²) in [6.45, 7) is 5.42. The Morgan fingerprint density at radius 3 is 2.31 bits per heavy atom. The van der Waals surface area contributed by atoms with Crippen LogP contribution in [0.5, 0.6) is 5.75 Å². The smallest absolute Gasteiger partial charge is 0.324 e. The molecule has 29 heavy (non-hydrogen) atoms. The summed E-state index contributed by atoms with van der Waals surface area (Å²) in [5, 5.41) is 3.93. The maximum atomic E-state index is 12.6. The first-order chi connectivity index (χ1) is 13.9. The largest absolute Gasteiger partial charge is 0.484 e. The van der Waals surface area contributed by atoms with Crippen molar-refractivity contribution in [3.63, 3.8) is 0 Å². The topological polar surface area (TPSA) is 61.9 Å². The van der Waals surface area contributed by atoms with Crippen LogP contribution in [0.25, 0.3) is 0 Å². The summed E-state index contributed by atoms with van der Waals surface area (Å²) in [5.74, 6) is 0.251. The molecule has 0 saturated carbocycles. The van der Waals surface area contributed by atoms with Crippen molar-refractivity contribution in [1.82, 2.24) is 10.2 Å². The quantitative estimate of drug-likeness (QED) is 0.673. The third-order valence-electron chi connectivity index (χ3n) is 4.42. The molecule has 8 heteroatoms. The van der Waals surface area contributed by atoms with Crippen LogP contribution >= 0.6 is 23.2 Å². The first-order valence-electron chi connectivity index (χ1n) is 9.10. The Hall–Kier alpha value is -2.70. The van der Waals surface area contributed by atoms with Crippen LogP contribution in [0.15, 0.2) is 60.8 Å². The maximum Gasteiger partial charge on any atom is 0.324 e. The highest BCUT2D eigenvalue weighted by atomic mass is 35.5. The minimum atomic E-state index is -0.305. The van der Waals surface area contributed by atoms with E-state index >= 15 is 0 Å². The number of hydrogen-bond acceptors (Lipinski definition) is 3. The lowest BCUT2D eigenvalue weighted by Gasteiger charge is -2.19. The average Bonchev–Trinajstić information content (AvgIpc) is 3.07. The van der Waals surface area contributed by atoms with Crippen LogP contribution in [0, 0.1) is 0 Å². The molecule has 2 aromatic rings. The summed E-state index contributed by atoms with van der Waals surface area (Å²) >= 11 is 11.7. The molecule has 0 aromatic heterocycles. The predicted octanol–water partition coefficient (Wildman–Crippen LogP) is 4.33. The highest BCUT2D eigenvalue weighted by Crippen LogP contribution is 2.22. The van der Waals surface area contributed by atoms with E-state index < -0.39 is 0 Å². The third-order valence-corrected chi connectivity index (χ3v) is 4.92. The third kappa shape index (κ3) is 5.89. The number of ether oxygens (including phenoxy) is 1. The van der Waals surface area contributed by atoms with Crippen LogP contribution in [0.4, 0.5) is 10.5 Å². The van der Waals surface area contributed by atoms with E-state index in [1.807, 2.05) is 12.1 Å². The van der Waals surface area contributed by atoms with Crippen LogP contribution in [-0.4, -0.2) is 43.1 Å². The number of benzene rings is 2. The molecule has 1 N–H and O–H groups in total. The van der Waals surface area contributed by atoms with Crippen molar-refractivity contribution in [3.05, 3.63) is 70.9 Å². The number of nitrogens with one attached hydrogen (secondary N) is 1. The van der Waals surface area contributed by atoms with Crippen molar-refractivity contribution in [1.29, 1.82) is 0 Å². The molecule has 1 aliphatic rings. The van der Waals surface area contributed by atoms with Gasteiger partial charge in [-0.3, -0.25) is 9.69 Å². The maximum absolute atomic E-state index is 12.6. The lowest BCUT2D eigenvalue weighted by atomic mass is 10.3. The second kappa shape index (κ2) is 9.67. The van der Waals surface area contributed by atoms with Crippen molar-refractivity contribution < 1.29 is 14.3 Å². The van der Waals surface area contributed by atoms with Gasteiger partial charge in [-0.25, -0.2) is 4.79 Å². The highest BCUT2D eigenvalue weighted by Gasteiger charge is 2.29. The zero-order chi connectivity index (χ0) is 20.8. The number of carbonyl (C=O) groups is 2. The van der Waals surface area contributed by atoms with Crippen LogP contribution in [0.2, 0.25) is 10.0 Å². The number of rotatable bonds is 8. The number of carbonyl (C=O) groups excluding carboxylic acids is 2. The fraction of sp³-hybridized carbons (Fsp3) is 0.238. The fourth-order valence-corrected chi connectivity index (χ4v) is 3.15. The molecule has 0 aliphatic carbocycles. The number of amides is 3. The minimum Gasteiger partial charge on any atom is -0.484 e. The van der Waals surface area contributed by atoms with Gasteiger partial charge in [-0.2, -0.15) is 0 Å². The normalized spacial score (nSPS) is 13.5. The molecule has 3 rings (SSSR count). The van der Waals surface area contributed by atoms with Crippen molar-refractivity contribution in [2.75, 3.05) is 31.1 Å². The SMILES string of the molecule is C=C(CCN1CCN(c2ccc(Cl)cc2)C1=O)NC(=O)COc1ccc(Cl)cc1. The van der Waals surface area contributed by atoms with Gasteiger partial charge in [0.15, 0.2) is 6.61 Å². The average molecular weight is 434 g/mol. The fourth-order valence-electron chi connectivity index (χ4n) is 2.90. The van der Waals surface area contributed by atoms with E-state index in [-0.39, 0.29) is 18.5 Å². The van der Waals surface area contributed by atoms with Gasteiger partial charge in [-0.15, -0.1) is 0 Å². The van der Waals surface area contributed by atoms with Gasteiger partial charge in [-0.1, -0.05) is 29.8 Å². The van der Waals surface area contributed by atoms with E-state index in [9.17, 15) is 9.59 Å². The number of nitrogens with zero attached hydrogens (tertiary/aromatic N) is 2. The summed E-state index contributed by atoms with van der Waals surface area (Å²) in [4.78, 5) is 28.0. The second-order valence-electron chi connectivity index (χ2n) is 6.54. The van der Waals surface area contributed by atoms with Crippen molar-refractivity contribution in [2.45, 2.75) is 6.42 Å². The van der Waals surface area contributed by atoms with Crippen molar-refractivity contribution in [3.8, 4) is 5.75 Å². The monoisotopic (exact) mass is 433 g/mol. The number of halogens is 2. The standard InChI is InChI=1S/C21H21Cl2N3O3/c1-15(24-20(27)14-29-19-8-4-17(23)5-9-19)10-11-25-12-13-26(21(25)28)18-6-2-16(22)3-7-18/h2-9H,1,10-14H2,(H,24,27). The van der Waals surface area contributed by atoms with E-state index in [1.54, 1.807) is 46.2 Å². The molecule has 0 spiro atoms.